The normalized spacial score (nSPS) is 16.0. The Labute approximate surface area is 190 Å². The van der Waals surface area contributed by atoms with Gasteiger partial charge in [0.25, 0.3) is 5.91 Å². The number of carbonyl (C=O) groups excluding carboxylic acids is 2. The molecule has 9 heteroatoms. The van der Waals surface area contributed by atoms with Gasteiger partial charge in [0, 0.05) is 20.9 Å². The van der Waals surface area contributed by atoms with Gasteiger partial charge in [-0.25, -0.2) is 13.9 Å². The van der Waals surface area contributed by atoms with Gasteiger partial charge in [0.15, 0.2) is 5.78 Å². The molecule has 166 valence electrons. The quantitative estimate of drug-likeness (QED) is 0.325. The van der Waals surface area contributed by atoms with Crippen LogP contribution in [-0.2, 0) is 21.4 Å². The Morgan fingerprint density at radius 3 is 2.22 bits per heavy atom. The zero-order chi connectivity index (χ0) is 23.0. The molecule has 1 aliphatic rings. The maximum atomic E-state index is 13.1. The van der Waals surface area contributed by atoms with Crippen LogP contribution in [0.5, 0.6) is 0 Å². The molecule has 1 atom stereocenters. The maximum absolute atomic E-state index is 13.1. The first kappa shape index (κ1) is 22.3. The zero-order valence-electron chi connectivity index (χ0n) is 17.5. The SMILES string of the molecule is CC(C)[C@H](C(=O)NO)N1Cc2sc(-c3ccc(C(=O)c4ccccc4)cc3)cc2S1(=O)=O. The minimum absolute atomic E-state index is 0.0726. The Kier molecular flexibility index (Phi) is 6.00. The third kappa shape index (κ3) is 3.88. The third-order valence-corrected chi connectivity index (χ3v) is 8.64. The summed E-state index contributed by atoms with van der Waals surface area (Å²) in [5.41, 5.74) is 3.54. The molecule has 0 saturated heterocycles. The van der Waals surface area contributed by atoms with Crippen molar-refractivity contribution in [3.05, 3.63) is 76.7 Å². The second-order valence-electron chi connectivity index (χ2n) is 7.89. The summed E-state index contributed by atoms with van der Waals surface area (Å²) in [5.74, 6) is -1.15. The van der Waals surface area contributed by atoms with Gasteiger partial charge in [-0.1, -0.05) is 68.4 Å². The number of benzene rings is 2. The van der Waals surface area contributed by atoms with Crippen molar-refractivity contribution in [1.29, 1.82) is 0 Å². The fourth-order valence-corrected chi connectivity index (χ4v) is 7.32. The van der Waals surface area contributed by atoms with Gasteiger partial charge in [-0.15, -0.1) is 11.3 Å². The van der Waals surface area contributed by atoms with E-state index in [1.165, 1.54) is 11.3 Å². The highest BCUT2D eigenvalue weighted by Crippen LogP contribution is 2.42. The highest BCUT2D eigenvalue weighted by molar-refractivity contribution is 7.89. The number of fused-ring (bicyclic) bond motifs is 1. The molecular formula is C23H22N2O5S2. The van der Waals surface area contributed by atoms with Crippen LogP contribution in [0.1, 0.15) is 34.6 Å². The summed E-state index contributed by atoms with van der Waals surface area (Å²) in [6, 6.07) is 16.7. The van der Waals surface area contributed by atoms with Crippen LogP contribution >= 0.6 is 11.3 Å². The summed E-state index contributed by atoms with van der Waals surface area (Å²) in [5, 5.41) is 9.04. The molecule has 32 heavy (non-hydrogen) atoms. The van der Waals surface area contributed by atoms with Gasteiger partial charge in [0.2, 0.25) is 10.0 Å². The molecule has 0 aliphatic carbocycles. The van der Waals surface area contributed by atoms with Crippen LogP contribution in [0.3, 0.4) is 0 Å². The van der Waals surface area contributed by atoms with Crippen LogP contribution in [-0.4, -0.2) is 35.7 Å². The molecule has 2 N–H and O–H groups in total. The van der Waals surface area contributed by atoms with Crippen LogP contribution in [0.25, 0.3) is 10.4 Å². The van der Waals surface area contributed by atoms with Crippen LogP contribution < -0.4 is 5.48 Å². The fourth-order valence-electron chi connectivity index (χ4n) is 3.86. The van der Waals surface area contributed by atoms with Gasteiger partial charge in [-0.2, -0.15) is 4.31 Å². The Morgan fingerprint density at radius 2 is 1.66 bits per heavy atom. The Morgan fingerprint density at radius 1 is 1.03 bits per heavy atom. The second kappa shape index (κ2) is 8.59. The van der Waals surface area contributed by atoms with Crippen molar-refractivity contribution in [2.75, 3.05) is 0 Å². The number of nitrogens with zero attached hydrogens (tertiary/aromatic N) is 1. The van der Waals surface area contributed by atoms with E-state index >= 15 is 0 Å². The van der Waals surface area contributed by atoms with Crippen molar-refractivity contribution in [3.8, 4) is 10.4 Å². The number of hydroxylamine groups is 1. The molecule has 2 heterocycles. The molecule has 0 saturated carbocycles. The molecule has 0 bridgehead atoms. The molecule has 0 unspecified atom stereocenters. The number of ketones is 1. The number of rotatable bonds is 6. The van der Waals surface area contributed by atoms with E-state index < -0.39 is 22.0 Å². The van der Waals surface area contributed by atoms with Crippen LogP contribution in [0.2, 0.25) is 0 Å². The van der Waals surface area contributed by atoms with E-state index in [2.05, 4.69) is 0 Å². The molecule has 4 rings (SSSR count). The number of thiophene rings is 1. The van der Waals surface area contributed by atoms with E-state index in [1.807, 2.05) is 18.2 Å². The molecule has 7 nitrogen and oxygen atoms in total. The molecule has 1 aliphatic heterocycles. The highest BCUT2D eigenvalue weighted by Gasteiger charge is 2.44. The number of carbonyl (C=O) groups is 2. The number of hydrogen-bond acceptors (Lipinski definition) is 6. The lowest BCUT2D eigenvalue weighted by molar-refractivity contribution is -0.134. The first-order chi connectivity index (χ1) is 15.2. The van der Waals surface area contributed by atoms with Crippen molar-refractivity contribution in [2.24, 2.45) is 5.92 Å². The second-order valence-corrected chi connectivity index (χ2v) is 10.9. The zero-order valence-corrected chi connectivity index (χ0v) is 19.1. The minimum Gasteiger partial charge on any atom is -0.289 e. The summed E-state index contributed by atoms with van der Waals surface area (Å²) in [4.78, 5) is 26.3. The van der Waals surface area contributed by atoms with E-state index in [0.717, 1.165) is 14.7 Å². The molecule has 0 fully saturated rings. The monoisotopic (exact) mass is 470 g/mol. The third-order valence-electron chi connectivity index (χ3n) is 5.44. The number of nitrogens with one attached hydrogen (secondary N) is 1. The molecule has 3 aromatic rings. The average Bonchev–Trinajstić information content (AvgIpc) is 3.32. The van der Waals surface area contributed by atoms with Crippen LogP contribution in [0.4, 0.5) is 0 Å². The molecule has 2 aromatic carbocycles. The van der Waals surface area contributed by atoms with Crippen molar-refractivity contribution >= 4 is 33.1 Å². The van der Waals surface area contributed by atoms with E-state index in [4.69, 9.17) is 5.21 Å². The lowest BCUT2D eigenvalue weighted by Crippen LogP contribution is -2.49. The number of hydrogen-bond donors (Lipinski definition) is 2. The summed E-state index contributed by atoms with van der Waals surface area (Å²) >= 11 is 1.34. The molecule has 0 spiro atoms. The number of amides is 1. The standard InChI is InChI=1S/C23H22N2O5S2/c1-14(2)21(23(27)24-28)25-13-19-20(32(25,29)30)12-18(31-19)15-8-10-17(11-9-15)22(26)16-6-4-3-5-7-16/h3-12,14,21,28H,13H2,1-2H3,(H,24,27)/t21-/m1/s1. The fraction of sp³-hybridized carbons (Fsp3) is 0.217. The molecule has 1 amide bonds. The first-order valence-corrected chi connectivity index (χ1v) is 12.3. The summed E-state index contributed by atoms with van der Waals surface area (Å²) < 4.78 is 27.4. The summed E-state index contributed by atoms with van der Waals surface area (Å²) in [7, 11) is -3.87. The van der Waals surface area contributed by atoms with Crippen molar-refractivity contribution < 1.29 is 23.2 Å². The van der Waals surface area contributed by atoms with Crippen molar-refractivity contribution in [2.45, 2.75) is 31.3 Å². The Hall–Kier alpha value is -2.85. The molecule has 0 radical (unpaired) electrons. The van der Waals surface area contributed by atoms with Crippen LogP contribution in [0, 0.1) is 5.92 Å². The van der Waals surface area contributed by atoms with Gasteiger partial charge in [0.1, 0.15) is 6.04 Å². The number of sulfonamides is 1. The lowest BCUT2D eigenvalue weighted by atomic mass is 10.0. The highest BCUT2D eigenvalue weighted by atomic mass is 32.2. The predicted octanol–water partition coefficient (Wildman–Crippen LogP) is 3.68. The smallest absolute Gasteiger partial charge is 0.262 e. The van der Waals surface area contributed by atoms with Gasteiger partial charge < -0.3 is 0 Å². The van der Waals surface area contributed by atoms with Gasteiger partial charge in [0.05, 0.1) is 11.4 Å². The Balaban J connectivity index is 1.60. The van der Waals surface area contributed by atoms with E-state index in [-0.39, 0.29) is 23.1 Å². The Bertz CT molecular complexity index is 1270. The van der Waals surface area contributed by atoms with E-state index in [1.54, 1.807) is 61.8 Å². The van der Waals surface area contributed by atoms with Crippen molar-refractivity contribution in [1.82, 2.24) is 9.79 Å². The lowest BCUT2D eigenvalue weighted by Gasteiger charge is -2.27. The maximum Gasteiger partial charge on any atom is 0.262 e. The van der Waals surface area contributed by atoms with Crippen molar-refractivity contribution in [3.63, 3.8) is 0 Å². The molecular weight excluding hydrogens is 448 g/mol. The van der Waals surface area contributed by atoms with E-state index in [0.29, 0.717) is 16.0 Å². The van der Waals surface area contributed by atoms with E-state index in [9.17, 15) is 18.0 Å². The van der Waals surface area contributed by atoms with Gasteiger partial charge in [-0.05, 0) is 17.5 Å². The molecule has 1 aromatic heterocycles. The summed E-state index contributed by atoms with van der Waals surface area (Å²) in [6.45, 7) is 3.53. The average molecular weight is 471 g/mol. The topological polar surface area (TPSA) is 104 Å². The predicted molar refractivity (Wildman–Crippen MR) is 121 cm³/mol. The largest absolute Gasteiger partial charge is 0.289 e. The van der Waals surface area contributed by atoms with Gasteiger partial charge >= 0.3 is 0 Å². The summed E-state index contributed by atoms with van der Waals surface area (Å²) in [6.07, 6.45) is 0. The van der Waals surface area contributed by atoms with Crippen LogP contribution in [0.15, 0.2) is 65.6 Å². The minimum atomic E-state index is -3.87. The van der Waals surface area contributed by atoms with Gasteiger partial charge in [-0.3, -0.25) is 14.8 Å². The first-order valence-electron chi connectivity index (χ1n) is 10.0.